The zero-order valence-corrected chi connectivity index (χ0v) is 9.60. The minimum atomic E-state index is -0.489. The van der Waals surface area contributed by atoms with Gasteiger partial charge in [0, 0.05) is 12.5 Å². The molecule has 0 radical (unpaired) electrons. The van der Waals surface area contributed by atoms with E-state index >= 15 is 0 Å². The lowest BCUT2D eigenvalue weighted by Gasteiger charge is -2.01. The normalized spacial score (nSPS) is 19.3. The molecule has 1 aromatic carbocycles. The fourth-order valence-corrected chi connectivity index (χ4v) is 1.97. The summed E-state index contributed by atoms with van der Waals surface area (Å²) in [4.78, 5) is 4.26. The highest BCUT2D eigenvalue weighted by Crippen LogP contribution is 2.29. The van der Waals surface area contributed by atoms with Gasteiger partial charge in [-0.05, 0) is 18.6 Å². The largest absolute Gasteiger partial charge is 0.396 e. The van der Waals surface area contributed by atoms with Crippen molar-refractivity contribution in [2.45, 2.75) is 12.3 Å². The number of para-hydroxylation sites is 1. The number of hydrogen-bond donors (Lipinski definition) is 1. The van der Waals surface area contributed by atoms with Crippen LogP contribution in [0.15, 0.2) is 22.7 Å². The lowest BCUT2D eigenvalue weighted by Crippen LogP contribution is -2.00. The van der Waals surface area contributed by atoms with Crippen LogP contribution in [0.25, 0.3) is 11.5 Å². The van der Waals surface area contributed by atoms with Crippen LogP contribution in [0, 0.1) is 5.82 Å². The first-order valence-electron chi connectivity index (χ1n) is 5.71. The number of nitrogens with two attached hydrogens (primary N) is 1. The molecule has 1 fully saturated rings. The van der Waals surface area contributed by atoms with Gasteiger partial charge in [-0.2, -0.15) is 4.98 Å². The maximum absolute atomic E-state index is 13.3. The topological polar surface area (TPSA) is 74.2 Å². The van der Waals surface area contributed by atoms with Crippen LogP contribution in [0.3, 0.4) is 0 Å². The van der Waals surface area contributed by atoms with E-state index in [1.165, 1.54) is 6.07 Å². The number of benzene rings is 1. The second-order valence-electron chi connectivity index (χ2n) is 4.22. The summed E-state index contributed by atoms with van der Waals surface area (Å²) in [7, 11) is 0. The number of ether oxygens (including phenoxy) is 1. The average molecular weight is 249 g/mol. The maximum Gasteiger partial charge on any atom is 0.260 e. The standard InChI is InChI=1S/C12H12FN3O2/c13-9-3-1-2-8(10(9)14)12-15-11(16-18-12)7-4-5-17-6-7/h1-3,7H,4-6,14H2. The van der Waals surface area contributed by atoms with Gasteiger partial charge < -0.3 is 15.0 Å². The molecule has 2 aromatic rings. The number of anilines is 1. The average Bonchev–Trinajstić information content (AvgIpc) is 3.01. The van der Waals surface area contributed by atoms with Gasteiger partial charge in [-0.1, -0.05) is 11.2 Å². The van der Waals surface area contributed by atoms with Crippen LogP contribution in [0.5, 0.6) is 0 Å². The summed E-state index contributed by atoms with van der Waals surface area (Å²) >= 11 is 0. The van der Waals surface area contributed by atoms with Gasteiger partial charge in [-0.3, -0.25) is 0 Å². The summed E-state index contributed by atoms with van der Waals surface area (Å²) in [5.74, 6) is 0.494. The molecule has 6 heteroatoms. The molecule has 94 valence electrons. The smallest absolute Gasteiger partial charge is 0.260 e. The predicted molar refractivity (Wildman–Crippen MR) is 62.3 cm³/mol. The summed E-state index contributed by atoms with van der Waals surface area (Å²) in [6.07, 6.45) is 0.873. The van der Waals surface area contributed by atoms with Crippen molar-refractivity contribution in [2.75, 3.05) is 18.9 Å². The zero-order chi connectivity index (χ0) is 12.5. The van der Waals surface area contributed by atoms with Crippen LogP contribution in [0.4, 0.5) is 10.1 Å². The van der Waals surface area contributed by atoms with Crippen molar-refractivity contribution in [1.82, 2.24) is 10.1 Å². The molecule has 2 N–H and O–H groups in total. The highest BCUT2D eigenvalue weighted by Gasteiger charge is 2.24. The Bertz CT molecular complexity index is 564. The van der Waals surface area contributed by atoms with E-state index < -0.39 is 5.82 Å². The second-order valence-corrected chi connectivity index (χ2v) is 4.22. The molecule has 1 saturated heterocycles. The van der Waals surface area contributed by atoms with Gasteiger partial charge in [0.15, 0.2) is 5.82 Å². The molecule has 3 rings (SSSR count). The van der Waals surface area contributed by atoms with Gasteiger partial charge in [0.05, 0.1) is 17.9 Å². The Balaban J connectivity index is 1.95. The van der Waals surface area contributed by atoms with Crippen molar-refractivity contribution >= 4 is 5.69 Å². The Morgan fingerprint density at radius 1 is 1.39 bits per heavy atom. The monoisotopic (exact) mass is 249 g/mol. The minimum absolute atomic E-state index is 0.0235. The van der Waals surface area contributed by atoms with Gasteiger partial charge in [0.2, 0.25) is 0 Å². The molecule has 1 aliphatic heterocycles. The Hall–Kier alpha value is -1.95. The molecule has 0 amide bonds. The first kappa shape index (κ1) is 11.2. The third-order valence-corrected chi connectivity index (χ3v) is 3.02. The molecule has 2 heterocycles. The van der Waals surface area contributed by atoms with Crippen LogP contribution < -0.4 is 5.73 Å². The Kier molecular flexibility index (Phi) is 2.71. The third kappa shape index (κ3) is 1.84. The van der Waals surface area contributed by atoms with E-state index in [1.807, 2.05) is 0 Å². The van der Waals surface area contributed by atoms with Crippen molar-refractivity contribution < 1.29 is 13.7 Å². The summed E-state index contributed by atoms with van der Waals surface area (Å²) < 4.78 is 23.7. The molecular weight excluding hydrogens is 237 g/mol. The third-order valence-electron chi connectivity index (χ3n) is 3.02. The lowest BCUT2D eigenvalue weighted by molar-refractivity contribution is 0.192. The number of hydrogen-bond acceptors (Lipinski definition) is 5. The summed E-state index contributed by atoms with van der Waals surface area (Å²) in [5, 5.41) is 3.90. The van der Waals surface area contributed by atoms with Crippen LogP contribution >= 0.6 is 0 Å². The van der Waals surface area contributed by atoms with Crippen molar-refractivity contribution in [3.05, 3.63) is 29.8 Å². The first-order valence-corrected chi connectivity index (χ1v) is 5.71. The Morgan fingerprint density at radius 2 is 2.28 bits per heavy atom. The van der Waals surface area contributed by atoms with Gasteiger partial charge in [0.25, 0.3) is 5.89 Å². The van der Waals surface area contributed by atoms with Crippen molar-refractivity contribution in [2.24, 2.45) is 0 Å². The highest BCUT2D eigenvalue weighted by atomic mass is 19.1. The Morgan fingerprint density at radius 3 is 3.06 bits per heavy atom. The number of rotatable bonds is 2. The predicted octanol–water partition coefficient (Wildman–Crippen LogP) is 1.96. The molecule has 1 aliphatic rings. The van der Waals surface area contributed by atoms with Crippen LogP contribution in [0.2, 0.25) is 0 Å². The first-order chi connectivity index (χ1) is 8.75. The quantitative estimate of drug-likeness (QED) is 0.823. The SMILES string of the molecule is Nc1c(F)cccc1-c1nc(C2CCOC2)no1. The second kappa shape index (κ2) is 4.38. The van der Waals surface area contributed by atoms with Crippen molar-refractivity contribution in [3.8, 4) is 11.5 Å². The summed E-state index contributed by atoms with van der Waals surface area (Å²) in [6, 6.07) is 4.51. The van der Waals surface area contributed by atoms with Crippen molar-refractivity contribution in [1.29, 1.82) is 0 Å². The van der Waals surface area contributed by atoms with E-state index in [4.69, 9.17) is 15.0 Å². The molecule has 1 atom stereocenters. The van der Waals surface area contributed by atoms with Crippen LogP contribution in [-0.4, -0.2) is 23.4 Å². The highest BCUT2D eigenvalue weighted by molar-refractivity contribution is 5.70. The van der Waals surface area contributed by atoms with E-state index in [9.17, 15) is 4.39 Å². The zero-order valence-electron chi connectivity index (χ0n) is 9.60. The lowest BCUT2D eigenvalue weighted by atomic mass is 10.1. The number of nitrogen functional groups attached to an aromatic ring is 1. The van der Waals surface area contributed by atoms with E-state index in [-0.39, 0.29) is 17.5 Å². The van der Waals surface area contributed by atoms with Crippen LogP contribution in [0.1, 0.15) is 18.2 Å². The van der Waals surface area contributed by atoms with E-state index in [0.29, 0.717) is 24.6 Å². The fourth-order valence-electron chi connectivity index (χ4n) is 1.97. The van der Waals surface area contributed by atoms with Gasteiger partial charge in [-0.15, -0.1) is 0 Å². The van der Waals surface area contributed by atoms with Gasteiger partial charge in [-0.25, -0.2) is 4.39 Å². The Labute approximate surface area is 103 Å². The molecule has 1 aromatic heterocycles. The molecule has 5 nitrogen and oxygen atoms in total. The number of aromatic nitrogens is 2. The summed E-state index contributed by atoms with van der Waals surface area (Å²) in [5.41, 5.74) is 6.10. The minimum Gasteiger partial charge on any atom is -0.396 e. The number of nitrogens with zero attached hydrogens (tertiary/aromatic N) is 2. The summed E-state index contributed by atoms with van der Waals surface area (Å²) in [6.45, 7) is 1.30. The van der Waals surface area contributed by atoms with Crippen molar-refractivity contribution in [3.63, 3.8) is 0 Å². The maximum atomic E-state index is 13.3. The molecule has 0 saturated carbocycles. The van der Waals surface area contributed by atoms with E-state index in [0.717, 1.165) is 6.42 Å². The molecular formula is C12H12FN3O2. The number of halogens is 1. The molecule has 0 spiro atoms. The molecule has 18 heavy (non-hydrogen) atoms. The molecule has 1 unspecified atom stereocenters. The molecule has 0 aliphatic carbocycles. The fraction of sp³-hybridized carbons (Fsp3) is 0.333. The van der Waals surface area contributed by atoms with Gasteiger partial charge >= 0.3 is 0 Å². The van der Waals surface area contributed by atoms with Gasteiger partial charge in [0.1, 0.15) is 5.82 Å². The molecule has 0 bridgehead atoms. The van der Waals surface area contributed by atoms with E-state index in [2.05, 4.69) is 10.1 Å². The van der Waals surface area contributed by atoms with E-state index in [1.54, 1.807) is 12.1 Å². The van der Waals surface area contributed by atoms with Crippen LogP contribution in [-0.2, 0) is 4.74 Å².